The molecule has 0 spiro atoms. The Labute approximate surface area is 567 Å². The Morgan fingerprint density at radius 1 is 0.214 bits per heavy atom. The molecule has 15 aromatic carbocycles. The summed E-state index contributed by atoms with van der Waals surface area (Å²) in [7, 11) is 0. The summed E-state index contributed by atoms with van der Waals surface area (Å²) in [5.41, 5.74) is 32.6. The topological polar surface area (TPSA) is 39.2 Å². The third kappa shape index (κ3) is 8.00. The minimum Gasteiger partial charge on any atom is -0.456 e. The van der Waals surface area contributed by atoms with Gasteiger partial charge in [0.15, 0.2) is 0 Å². The number of nitrogens with zero attached hydrogens (tertiary/aromatic N) is 4. The van der Waals surface area contributed by atoms with Gasteiger partial charge in [0.1, 0.15) is 22.3 Å². The summed E-state index contributed by atoms with van der Waals surface area (Å²) in [4.78, 5) is 10.2. The highest BCUT2D eigenvalue weighted by Gasteiger charge is 2.50. The fraction of sp³-hybridized carbons (Fsp3) is 0. The zero-order valence-electron chi connectivity index (χ0n) is 53.1. The van der Waals surface area contributed by atoms with Crippen molar-refractivity contribution in [3.05, 3.63) is 340 Å². The van der Waals surface area contributed by atoms with Crippen LogP contribution in [-0.4, -0.2) is 13.4 Å². The van der Waals surface area contributed by atoms with Crippen LogP contribution in [0.3, 0.4) is 0 Å². The molecular weight excluding hydrogens is 1190 g/mol. The lowest BCUT2D eigenvalue weighted by Gasteiger charge is -2.47. The molecule has 17 aromatic rings. The van der Waals surface area contributed by atoms with Crippen molar-refractivity contribution in [3.63, 3.8) is 0 Å². The first kappa shape index (κ1) is 54.6. The van der Waals surface area contributed by atoms with E-state index in [0.29, 0.717) is 0 Å². The van der Waals surface area contributed by atoms with Crippen molar-refractivity contribution >= 4 is 158 Å². The minimum atomic E-state index is -0.268. The van der Waals surface area contributed by atoms with Crippen LogP contribution in [0.4, 0.5) is 68.2 Å². The van der Waals surface area contributed by atoms with Gasteiger partial charge in [-0.25, -0.2) is 0 Å². The Kier molecular flexibility index (Phi) is 11.9. The van der Waals surface area contributed by atoms with Crippen LogP contribution in [0.2, 0.25) is 0 Å². The number of fused-ring (bicyclic) bond motifs is 16. The van der Waals surface area contributed by atoms with Crippen molar-refractivity contribution in [1.29, 1.82) is 0 Å². The number of rotatable bonds is 8. The molecule has 454 valence electrons. The molecule has 21 rings (SSSR count). The van der Waals surface area contributed by atoms with Crippen molar-refractivity contribution < 1.29 is 8.83 Å². The fourth-order valence-electron chi connectivity index (χ4n) is 17.0. The maximum Gasteiger partial charge on any atom is 0.252 e. The summed E-state index contributed by atoms with van der Waals surface area (Å²) in [6.07, 6.45) is 0. The lowest BCUT2D eigenvalue weighted by molar-refractivity contribution is 0.668. The van der Waals surface area contributed by atoms with E-state index in [4.69, 9.17) is 8.83 Å². The van der Waals surface area contributed by atoms with E-state index >= 15 is 0 Å². The average Bonchev–Trinajstić information content (AvgIpc) is 1.04. The zero-order valence-corrected chi connectivity index (χ0v) is 53.1. The maximum atomic E-state index is 7.33. The summed E-state index contributed by atoms with van der Waals surface area (Å²) in [5, 5.41) is 4.33. The molecule has 0 amide bonds. The first-order valence-electron chi connectivity index (χ1n) is 33.8. The number of furan rings is 2. The van der Waals surface area contributed by atoms with Gasteiger partial charge in [0.05, 0.1) is 27.8 Å². The molecule has 8 heteroatoms. The van der Waals surface area contributed by atoms with Crippen LogP contribution in [0.15, 0.2) is 349 Å². The van der Waals surface area contributed by atoms with Gasteiger partial charge in [-0.3, -0.25) is 0 Å². The molecule has 4 aliphatic heterocycles. The SMILES string of the molecule is c1ccc(-c2cccc(-c3cccc(-c4cccc(-c5ccccc5)c4)c3N3c4cc5c(cc4B4c6ccccc6N(c6ccccc6)c6c4c3cc3oc4ccccc4c63)B3c4ccccc4N(c4ccccc4)c4c3c(cc3oc6ccccc6c43)N5c3ccccc3)c2)cc1. The Morgan fingerprint density at radius 2 is 0.582 bits per heavy atom. The zero-order chi connectivity index (χ0) is 64.1. The van der Waals surface area contributed by atoms with Gasteiger partial charge in [-0.1, -0.05) is 249 Å². The second-order valence-electron chi connectivity index (χ2n) is 26.2. The van der Waals surface area contributed by atoms with Crippen molar-refractivity contribution in [2.75, 3.05) is 19.6 Å². The highest BCUT2D eigenvalue weighted by molar-refractivity contribution is 7.03. The van der Waals surface area contributed by atoms with Crippen LogP contribution in [-0.2, 0) is 0 Å². The molecule has 6 nitrogen and oxygen atoms in total. The predicted molar refractivity (Wildman–Crippen MR) is 411 cm³/mol. The first-order valence-corrected chi connectivity index (χ1v) is 33.8. The molecule has 4 aliphatic rings. The van der Waals surface area contributed by atoms with Gasteiger partial charge in [0.2, 0.25) is 0 Å². The van der Waals surface area contributed by atoms with Crippen LogP contribution in [0.25, 0.3) is 88.4 Å². The van der Waals surface area contributed by atoms with Crippen LogP contribution in [0.1, 0.15) is 0 Å². The average molecular weight is 1250 g/mol. The molecule has 2 aromatic heterocycles. The summed E-state index contributed by atoms with van der Waals surface area (Å²) in [6.45, 7) is -0.497. The van der Waals surface area contributed by atoms with Crippen LogP contribution >= 0.6 is 0 Å². The molecule has 0 N–H and O–H groups in total. The van der Waals surface area contributed by atoms with Gasteiger partial charge >= 0.3 is 0 Å². The number of hydrogen-bond donors (Lipinski definition) is 0. The smallest absolute Gasteiger partial charge is 0.252 e. The number of para-hydroxylation sites is 8. The quantitative estimate of drug-likeness (QED) is 0.141. The van der Waals surface area contributed by atoms with Gasteiger partial charge in [-0.15, -0.1) is 0 Å². The molecule has 0 saturated carbocycles. The minimum absolute atomic E-state index is 0.229. The second-order valence-corrected chi connectivity index (χ2v) is 26.2. The summed E-state index contributed by atoms with van der Waals surface area (Å²) in [5.74, 6) is 0. The molecule has 0 unspecified atom stereocenters. The Morgan fingerprint density at radius 3 is 1.06 bits per heavy atom. The molecule has 0 radical (unpaired) electrons. The first-order chi connectivity index (χ1) is 48.7. The van der Waals surface area contributed by atoms with Crippen molar-refractivity contribution in [1.82, 2.24) is 0 Å². The van der Waals surface area contributed by atoms with Crippen LogP contribution in [0.5, 0.6) is 0 Å². The van der Waals surface area contributed by atoms with Crippen molar-refractivity contribution in [3.8, 4) is 44.5 Å². The molecule has 0 fully saturated rings. The fourth-order valence-corrected chi connectivity index (χ4v) is 17.0. The largest absolute Gasteiger partial charge is 0.456 e. The summed E-state index contributed by atoms with van der Waals surface area (Å²) < 4.78 is 14.5. The molecule has 0 aliphatic carbocycles. The molecule has 6 heterocycles. The third-order valence-electron chi connectivity index (χ3n) is 20.9. The third-order valence-corrected chi connectivity index (χ3v) is 20.9. The van der Waals surface area contributed by atoms with E-state index in [1.807, 2.05) is 0 Å². The van der Waals surface area contributed by atoms with Gasteiger partial charge in [-0.2, -0.15) is 0 Å². The van der Waals surface area contributed by atoms with Crippen LogP contribution in [0, 0.1) is 0 Å². The van der Waals surface area contributed by atoms with Crippen LogP contribution < -0.4 is 52.4 Å². The van der Waals surface area contributed by atoms with E-state index < -0.39 is 0 Å². The molecular formula is C90H56B2N4O2. The lowest BCUT2D eigenvalue weighted by atomic mass is 9.30. The summed E-state index contributed by atoms with van der Waals surface area (Å²) in [6, 6.07) is 125. The van der Waals surface area contributed by atoms with E-state index in [1.165, 1.54) is 32.8 Å². The Bertz CT molecular complexity index is 6010. The monoisotopic (exact) mass is 1250 g/mol. The number of benzene rings is 15. The van der Waals surface area contributed by atoms with Gasteiger partial charge < -0.3 is 28.4 Å². The van der Waals surface area contributed by atoms with E-state index in [-0.39, 0.29) is 13.4 Å². The highest BCUT2D eigenvalue weighted by atomic mass is 16.3. The van der Waals surface area contributed by atoms with E-state index in [9.17, 15) is 0 Å². The van der Waals surface area contributed by atoms with Crippen molar-refractivity contribution in [2.24, 2.45) is 0 Å². The van der Waals surface area contributed by atoms with Gasteiger partial charge in [0.25, 0.3) is 13.4 Å². The number of anilines is 12. The van der Waals surface area contributed by atoms with Gasteiger partial charge in [-0.05, 0) is 145 Å². The van der Waals surface area contributed by atoms with Gasteiger partial charge in [0, 0.05) is 85.2 Å². The number of hydrogen-bond acceptors (Lipinski definition) is 6. The van der Waals surface area contributed by atoms with E-state index in [0.717, 1.165) is 157 Å². The normalized spacial score (nSPS) is 13.2. The molecule has 98 heavy (non-hydrogen) atoms. The standard InChI is InChI=1S/C90H56B2N4O2/c1-6-27-57(28-7-1)59-31-24-33-61(51-59)66-43-26-44-67(62-34-25-32-60(52-62)58-29-8-2-9-30-58)88(66)96-77-54-76-72(53-73(77)92-71-46-19-21-48-75(71)95(65-39-14-5-15-40-65)90-85-69-42-17-23-50-81(69)98-83(85)56-79(96)87(90)92)91-70-45-18-20-47-74(70)94(64-37-12-4-13-38-64)89-84-68-41-16-22-49-80(68)97-82(84)55-78(86(89)91)93(76)63-35-10-3-11-36-63/h1-56H. The Hall–Kier alpha value is -12.8. The predicted octanol–water partition coefficient (Wildman–Crippen LogP) is 20.3. The van der Waals surface area contributed by atoms with E-state index in [2.05, 4.69) is 359 Å². The molecule has 0 atom stereocenters. The lowest BCUT2D eigenvalue weighted by Crippen LogP contribution is -2.65. The van der Waals surface area contributed by atoms with E-state index in [1.54, 1.807) is 0 Å². The maximum absolute atomic E-state index is 7.33. The molecule has 0 saturated heterocycles. The van der Waals surface area contributed by atoms with Crippen molar-refractivity contribution in [2.45, 2.75) is 0 Å². The Balaban J connectivity index is 0.944. The summed E-state index contributed by atoms with van der Waals surface area (Å²) >= 11 is 0. The highest BCUT2D eigenvalue weighted by Crippen LogP contribution is 2.56. The molecule has 0 bridgehead atoms. The second kappa shape index (κ2) is 21.4.